The SMILES string of the molecule is O=C(CCc1ccccc1)CSc1ccc(F)cc1. The highest BCUT2D eigenvalue weighted by Gasteiger charge is 2.04. The van der Waals surface area contributed by atoms with Gasteiger partial charge in [-0.15, -0.1) is 11.8 Å². The first kappa shape index (κ1) is 13.8. The minimum Gasteiger partial charge on any atom is -0.299 e. The number of benzene rings is 2. The Morgan fingerprint density at radius 1 is 1.00 bits per heavy atom. The number of carbonyl (C=O) groups is 1. The molecule has 98 valence electrons. The van der Waals surface area contributed by atoms with Crippen LogP contribution in [0.3, 0.4) is 0 Å². The Bertz CT molecular complexity index is 522. The maximum atomic E-state index is 12.7. The summed E-state index contributed by atoms with van der Waals surface area (Å²) in [6.45, 7) is 0. The second-order valence-corrected chi connectivity index (χ2v) is 5.32. The molecule has 1 nitrogen and oxygen atoms in total. The zero-order valence-corrected chi connectivity index (χ0v) is 11.3. The lowest BCUT2D eigenvalue weighted by Gasteiger charge is -2.02. The molecule has 0 amide bonds. The van der Waals surface area contributed by atoms with Crippen LogP contribution in [-0.4, -0.2) is 11.5 Å². The van der Waals surface area contributed by atoms with Crippen LogP contribution < -0.4 is 0 Å². The smallest absolute Gasteiger partial charge is 0.143 e. The molecule has 0 atom stereocenters. The van der Waals surface area contributed by atoms with Crippen molar-refractivity contribution in [3.05, 3.63) is 66.0 Å². The lowest BCUT2D eigenvalue weighted by Crippen LogP contribution is -2.03. The number of thioether (sulfide) groups is 1. The van der Waals surface area contributed by atoms with E-state index in [4.69, 9.17) is 0 Å². The Hall–Kier alpha value is -1.61. The summed E-state index contributed by atoms with van der Waals surface area (Å²) in [7, 11) is 0. The summed E-state index contributed by atoms with van der Waals surface area (Å²) in [5, 5.41) is 0. The fourth-order valence-corrected chi connectivity index (χ4v) is 2.50. The van der Waals surface area contributed by atoms with E-state index in [0.29, 0.717) is 12.2 Å². The average molecular weight is 274 g/mol. The summed E-state index contributed by atoms with van der Waals surface area (Å²) in [6, 6.07) is 16.2. The third-order valence-electron chi connectivity index (χ3n) is 2.75. The van der Waals surface area contributed by atoms with Crippen molar-refractivity contribution in [2.24, 2.45) is 0 Å². The number of ketones is 1. The van der Waals surface area contributed by atoms with E-state index >= 15 is 0 Å². The maximum Gasteiger partial charge on any atom is 0.143 e. The lowest BCUT2D eigenvalue weighted by atomic mass is 10.1. The molecular weight excluding hydrogens is 259 g/mol. The Kier molecular flexibility index (Phi) is 5.16. The number of hydrogen-bond acceptors (Lipinski definition) is 2. The molecule has 0 saturated heterocycles. The molecule has 2 rings (SSSR count). The van der Waals surface area contributed by atoms with Gasteiger partial charge in [-0.05, 0) is 36.2 Å². The third-order valence-corrected chi connectivity index (χ3v) is 3.82. The molecule has 0 spiro atoms. The van der Waals surface area contributed by atoms with Crippen LogP contribution >= 0.6 is 11.8 Å². The van der Waals surface area contributed by atoms with E-state index in [1.165, 1.54) is 29.5 Å². The summed E-state index contributed by atoms with van der Waals surface area (Å²) in [5.74, 6) is 0.413. The van der Waals surface area contributed by atoms with E-state index in [9.17, 15) is 9.18 Å². The van der Waals surface area contributed by atoms with Crippen LogP contribution in [0.25, 0.3) is 0 Å². The standard InChI is InChI=1S/C16H15FOS/c17-14-7-10-16(11-8-14)19-12-15(18)9-6-13-4-2-1-3-5-13/h1-5,7-8,10-11H,6,9,12H2. The van der Waals surface area contributed by atoms with Gasteiger partial charge in [-0.1, -0.05) is 30.3 Å². The minimum absolute atomic E-state index is 0.221. The topological polar surface area (TPSA) is 17.1 Å². The lowest BCUT2D eigenvalue weighted by molar-refractivity contribution is -0.116. The largest absolute Gasteiger partial charge is 0.299 e. The molecule has 0 unspecified atom stereocenters. The molecule has 0 bridgehead atoms. The van der Waals surface area contributed by atoms with Crippen molar-refractivity contribution >= 4 is 17.5 Å². The van der Waals surface area contributed by atoms with Gasteiger partial charge in [0.2, 0.25) is 0 Å². The van der Waals surface area contributed by atoms with E-state index in [1.807, 2.05) is 30.3 Å². The van der Waals surface area contributed by atoms with E-state index in [2.05, 4.69) is 0 Å². The van der Waals surface area contributed by atoms with Gasteiger partial charge in [-0.25, -0.2) is 4.39 Å². The van der Waals surface area contributed by atoms with Crippen molar-refractivity contribution in [3.63, 3.8) is 0 Å². The minimum atomic E-state index is -0.250. The van der Waals surface area contributed by atoms with Gasteiger partial charge in [-0.2, -0.15) is 0 Å². The highest BCUT2D eigenvalue weighted by molar-refractivity contribution is 8.00. The van der Waals surface area contributed by atoms with E-state index in [-0.39, 0.29) is 11.6 Å². The first-order valence-corrected chi connectivity index (χ1v) is 7.16. The van der Waals surface area contributed by atoms with E-state index in [1.54, 1.807) is 12.1 Å². The normalized spacial score (nSPS) is 10.4. The van der Waals surface area contributed by atoms with Crippen LogP contribution in [-0.2, 0) is 11.2 Å². The average Bonchev–Trinajstić information content (AvgIpc) is 2.45. The molecule has 0 radical (unpaired) electrons. The molecule has 0 aromatic heterocycles. The molecule has 0 aliphatic heterocycles. The number of Topliss-reactive ketones (excluding diaryl/α,β-unsaturated/α-hetero) is 1. The zero-order valence-electron chi connectivity index (χ0n) is 10.5. The fraction of sp³-hybridized carbons (Fsp3) is 0.188. The summed E-state index contributed by atoms with van der Waals surface area (Å²) in [5.41, 5.74) is 1.18. The van der Waals surface area contributed by atoms with Gasteiger partial charge >= 0.3 is 0 Å². The number of halogens is 1. The zero-order chi connectivity index (χ0) is 13.5. The van der Waals surface area contributed by atoms with Gasteiger partial charge in [0.25, 0.3) is 0 Å². The van der Waals surface area contributed by atoms with Gasteiger partial charge in [-0.3, -0.25) is 4.79 Å². The summed E-state index contributed by atoms with van der Waals surface area (Å²) in [4.78, 5) is 12.7. The van der Waals surface area contributed by atoms with E-state index < -0.39 is 0 Å². The molecule has 2 aromatic carbocycles. The number of hydrogen-bond donors (Lipinski definition) is 0. The third kappa shape index (κ3) is 4.87. The van der Waals surface area contributed by atoms with Crippen molar-refractivity contribution in [1.29, 1.82) is 0 Å². The number of carbonyl (C=O) groups excluding carboxylic acids is 1. The van der Waals surface area contributed by atoms with Gasteiger partial charge in [0.05, 0.1) is 5.75 Å². The van der Waals surface area contributed by atoms with Crippen LogP contribution in [0.5, 0.6) is 0 Å². The van der Waals surface area contributed by atoms with Crippen LogP contribution in [0.4, 0.5) is 4.39 Å². The summed E-state index contributed by atoms with van der Waals surface area (Å²) >= 11 is 1.46. The van der Waals surface area contributed by atoms with Gasteiger partial charge in [0, 0.05) is 11.3 Å². The molecule has 3 heteroatoms. The van der Waals surface area contributed by atoms with Crippen molar-refractivity contribution < 1.29 is 9.18 Å². The second kappa shape index (κ2) is 7.10. The molecule has 0 fully saturated rings. The molecule has 0 heterocycles. The molecule has 19 heavy (non-hydrogen) atoms. The Balaban J connectivity index is 1.74. The highest BCUT2D eigenvalue weighted by Crippen LogP contribution is 2.18. The van der Waals surface area contributed by atoms with E-state index in [0.717, 1.165) is 11.3 Å². The molecule has 0 aliphatic carbocycles. The number of rotatable bonds is 6. The molecule has 2 aromatic rings. The summed E-state index contributed by atoms with van der Waals surface area (Å²) < 4.78 is 12.7. The maximum absolute atomic E-state index is 12.7. The van der Waals surface area contributed by atoms with Gasteiger partial charge in [0.1, 0.15) is 11.6 Å². The first-order chi connectivity index (χ1) is 9.24. The van der Waals surface area contributed by atoms with Crippen LogP contribution in [0.1, 0.15) is 12.0 Å². The highest BCUT2D eigenvalue weighted by atomic mass is 32.2. The van der Waals surface area contributed by atoms with Crippen molar-refractivity contribution in [3.8, 4) is 0 Å². The Labute approximate surface area is 116 Å². The molecule has 0 aliphatic rings. The monoisotopic (exact) mass is 274 g/mol. The fourth-order valence-electron chi connectivity index (χ4n) is 1.70. The molecule has 0 N–H and O–H groups in total. The Morgan fingerprint density at radius 3 is 2.37 bits per heavy atom. The van der Waals surface area contributed by atoms with Crippen molar-refractivity contribution in [2.75, 3.05) is 5.75 Å². The number of aryl methyl sites for hydroxylation is 1. The van der Waals surface area contributed by atoms with Crippen molar-refractivity contribution in [1.82, 2.24) is 0 Å². The summed E-state index contributed by atoms with van der Waals surface area (Å²) in [6.07, 6.45) is 1.34. The van der Waals surface area contributed by atoms with Crippen LogP contribution in [0.2, 0.25) is 0 Å². The van der Waals surface area contributed by atoms with Gasteiger partial charge in [0.15, 0.2) is 0 Å². The predicted octanol–water partition coefficient (Wildman–Crippen LogP) is 4.12. The molecular formula is C16H15FOS. The Morgan fingerprint density at radius 2 is 1.68 bits per heavy atom. The van der Waals surface area contributed by atoms with Crippen LogP contribution in [0, 0.1) is 5.82 Å². The second-order valence-electron chi connectivity index (χ2n) is 4.27. The van der Waals surface area contributed by atoms with Crippen LogP contribution in [0.15, 0.2) is 59.5 Å². The first-order valence-electron chi connectivity index (χ1n) is 6.18. The predicted molar refractivity (Wildman–Crippen MR) is 76.9 cm³/mol. The quantitative estimate of drug-likeness (QED) is 0.737. The van der Waals surface area contributed by atoms with Gasteiger partial charge < -0.3 is 0 Å². The van der Waals surface area contributed by atoms with Crippen molar-refractivity contribution in [2.45, 2.75) is 17.7 Å². The molecule has 0 saturated carbocycles.